The zero-order chi connectivity index (χ0) is 22.7. The normalized spacial score (nSPS) is 20.8. The van der Waals surface area contributed by atoms with Gasteiger partial charge in [-0.05, 0) is 67.3 Å². The molecule has 0 radical (unpaired) electrons. The molecule has 2 aliphatic rings. The van der Waals surface area contributed by atoms with E-state index in [1.807, 2.05) is 18.2 Å². The molecule has 0 aliphatic carbocycles. The molecule has 0 saturated carbocycles. The van der Waals surface area contributed by atoms with Gasteiger partial charge in [-0.15, -0.1) is 0 Å². The zero-order valence-electron chi connectivity index (χ0n) is 19.0. The smallest absolute Gasteiger partial charge is 0.175 e. The van der Waals surface area contributed by atoms with Gasteiger partial charge in [-0.25, -0.2) is 12.8 Å². The SMILES string of the molecule is CN1Cc2cc(OCCCN3CCC(F)CC3)ccc2C(c2ccc(S(C)(=O)=O)cc2)C1. The van der Waals surface area contributed by atoms with E-state index < -0.39 is 16.0 Å². The van der Waals surface area contributed by atoms with Crippen LogP contribution >= 0.6 is 0 Å². The predicted octanol–water partition coefficient (Wildman–Crippen LogP) is 3.87. The molecular weight excluding hydrogens is 427 g/mol. The first-order valence-electron chi connectivity index (χ1n) is 11.4. The van der Waals surface area contributed by atoms with Crippen LogP contribution in [-0.2, 0) is 16.4 Å². The molecule has 1 saturated heterocycles. The van der Waals surface area contributed by atoms with Crippen LogP contribution in [0.5, 0.6) is 5.75 Å². The molecule has 0 spiro atoms. The Balaban J connectivity index is 1.39. The first kappa shape index (κ1) is 23.2. The van der Waals surface area contributed by atoms with Crippen LogP contribution in [0.25, 0.3) is 0 Å². The van der Waals surface area contributed by atoms with E-state index in [0.717, 1.165) is 50.5 Å². The van der Waals surface area contributed by atoms with Crippen molar-refractivity contribution < 1.29 is 17.5 Å². The summed E-state index contributed by atoms with van der Waals surface area (Å²) < 4.78 is 42.8. The Morgan fingerprint density at radius 2 is 1.81 bits per heavy atom. The highest BCUT2D eigenvalue weighted by atomic mass is 32.2. The van der Waals surface area contributed by atoms with Crippen molar-refractivity contribution in [2.45, 2.75) is 42.8 Å². The second kappa shape index (κ2) is 9.89. The molecule has 1 atom stereocenters. The Bertz CT molecular complexity index is 1020. The van der Waals surface area contributed by atoms with Gasteiger partial charge >= 0.3 is 0 Å². The van der Waals surface area contributed by atoms with Crippen LogP contribution in [0.1, 0.15) is 41.9 Å². The van der Waals surface area contributed by atoms with E-state index in [9.17, 15) is 12.8 Å². The molecule has 2 aliphatic heterocycles. The topological polar surface area (TPSA) is 49.9 Å². The minimum absolute atomic E-state index is 0.199. The first-order valence-corrected chi connectivity index (χ1v) is 13.3. The molecule has 0 bridgehead atoms. The minimum atomic E-state index is -3.19. The highest BCUT2D eigenvalue weighted by molar-refractivity contribution is 7.90. The van der Waals surface area contributed by atoms with E-state index in [1.165, 1.54) is 17.4 Å². The molecule has 4 rings (SSSR count). The van der Waals surface area contributed by atoms with Gasteiger partial charge in [0.2, 0.25) is 0 Å². The van der Waals surface area contributed by atoms with Gasteiger partial charge in [0.05, 0.1) is 11.5 Å². The lowest BCUT2D eigenvalue weighted by molar-refractivity contribution is 0.143. The van der Waals surface area contributed by atoms with Crippen LogP contribution in [0.4, 0.5) is 4.39 Å². The van der Waals surface area contributed by atoms with Gasteiger partial charge in [0, 0.05) is 44.9 Å². The summed E-state index contributed by atoms with van der Waals surface area (Å²) in [5.41, 5.74) is 3.64. The van der Waals surface area contributed by atoms with Crippen molar-refractivity contribution >= 4 is 9.84 Å². The van der Waals surface area contributed by atoms with E-state index in [4.69, 9.17) is 4.74 Å². The number of sulfone groups is 1. The zero-order valence-corrected chi connectivity index (χ0v) is 19.8. The molecule has 1 fully saturated rings. The number of ether oxygens (including phenoxy) is 1. The molecular formula is C25H33FN2O3S. The third kappa shape index (κ3) is 5.69. The summed E-state index contributed by atoms with van der Waals surface area (Å²) in [6.45, 7) is 5.05. The molecule has 0 aromatic heterocycles. The highest BCUT2D eigenvalue weighted by Gasteiger charge is 2.25. The van der Waals surface area contributed by atoms with Crippen molar-refractivity contribution in [3.05, 3.63) is 59.2 Å². The lowest BCUT2D eigenvalue weighted by atomic mass is 9.85. The van der Waals surface area contributed by atoms with Crippen LogP contribution in [0.15, 0.2) is 47.4 Å². The van der Waals surface area contributed by atoms with Crippen molar-refractivity contribution in [1.82, 2.24) is 9.80 Å². The standard InChI is InChI=1S/C25H33FN2O3S/c1-27-17-20-16-22(31-15-3-12-28-13-10-21(26)11-14-28)6-9-24(20)25(18-27)19-4-7-23(8-5-19)32(2,29)30/h4-9,16,21,25H,3,10-15,17-18H2,1-2H3. The largest absolute Gasteiger partial charge is 0.494 e. The molecule has 174 valence electrons. The van der Waals surface area contributed by atoms with Crippen molar-refractivity contribution in [3.63, 3.8) is 0 Å². The summed E-state index contributed by atoms with van der Waals surface area (Å²) >= 11 is 0. The Labute approximate surface area is 191 Å². The van der Waals surface area contributed by atoms with E-state index in [0.29, 0.717) is 24.3 Å². The van der Waals surface area contributed by atoms with E-state index in [1.54, 1.807) is 12.1 Å². The molecule has 0 N–H and O–H groups in total. The molecule has 1 unspecified atom stereocenters. The van der Waals surface area contributed by atoms with Crippen LogP contribution in [0.2, 0.25) is 0 Å². The number of hydrogen-bond acceptors (Lipinski definition) is 5. The number of alkyl halides is 1. The maximum atomic E-state index is 13.3. The molecule has 0 amide bonds. The van der Waals surface area contributed by atoms with E-state index in [2.05, 4.69) is 29.0 Å². The Morgan fingerprint density at radius 3 is 2.50 bits per heavy atom. The van der Waals surface area contributed by atoms with Gasteiger partial charge in [0.15, 0.2) is 9.84 Å². The number of nitrogens with zero attached hydrogens (tertiary/aromatic N) is 2. The first-order chi connectivity index (χ1) is 15.3. The fourth-order valence-corrected chi connectivity index (χ4v) is 5.38. The fourth-order valence-electron chi connectivity index (χ4n) is 4.75. The third-order valence-electron chi connectivity index (χ3n) is 6.54. The third-order valence-corrected chi connectivity index (χ3v) is 7.67. The number of likely N-dealkylation sites (tertiary alicyclic amines) is 1. The average Bonchev–Trinajstić information content (AvgIpc) is 2.76. The minimum Gasteiger partial charge on any atom is -0.494 e. The highest BCUT2D eigenvalue weighted by Crippen LogP contribution is 2.35. The van der Waals surface area contributed by atoms with Gasteiger partial charge in [0.1, 0.15) is 11.9 Å². The molecule has 2 heterocycles. The summed E-state index contributed by atoms with van der Waals surface area (Å²) in [7, 11) is -1.09. The Kier molecular flexibility index (Phi) is 7.17. The number of likely N-dealkylation sites (N-methyl/N-ethyl adjacent to an activating group) is 1. The van der Waals surface area contributed by atoms with Gasteiger partial charge in [-0.1, -0.05) is 18.2 Å². The van der Waals surface area contributed by atoms with Crippen molar-refractivity contribution in [2.75, 3.05) is 46.1 Å². The summed E-state index contributed by atoms with van der Waals surface area (Å²) in [5, 5.41) is 0. The van der Waals surface area contributed by atoms with Crippen LogP contribution < -0.4 is 4.74 Å². The second-order valence-corrected chi connectivity index (χ2v) is 11.2. The molecule has 32 heavy (non-hydrogen) atoms. The maximum Gasteiger partial charge on any atom is 0.175 e. The maximum absolute atomic E-state index is 13.3. The van der Waals surface area contributed by atoms with Gasteiger partial charge in [-0.2, -0.15) is 0 Å². The molecule has 2 aromatic carbocycles. The Hall–Kier alpha value is -1.96. The lowest BCUT2D eigenvalue weighted by Crippen LogP contribution is -2.35. The summed E-state index contributed by atoms with van der Waals surface area (Å²) in [5.74, 6) is 1.08. The van der Waals surface area contributed by atoms with Crippen LogP contribution in [0.3, 0.4) is 0 Å². The fraction of sp³-hybridized carbons (Fsp3) is 0.520. The number of benzene rings is 2. The number of piperidine rings is 1. The van der Waals surface area contributed by atoms with Gasteiger partial charge in [-0.3, -0.25) is 0 Å². The monoisotopic (exact) mass is 460 g/mol. The average molecular weight is 461 g/mol. The molecule has 2 aromatic rings. The summed E-state index contributed by atoms with van der Waals surface area (Å²) in [6, 6.07) is 13.6. The predicted molar refractivity (Wildman–Crippen MR) is 125 cm³/mol. The van der Waals surface area contributed by atoms with Crippen LogP contribution in [-0.4, -0.2) is 70.5 Å². The van der Waals surface area contributed by atoms with Gasteiger partial charge < -0.3 is 14.5 Å². The quantitative estimate of drug-likeness (QED) is 0.587. The van der Waals surface area contributed by atoms with Gasteiger partial charge in [0.25, 0.3) is 0 Å². The van der Waals surface area contributed by atoms with E-state index >= 15 is 0 Å². The van der Waals surface area contributed by atoms with E-state index in [-0.39, 0.29) is 5.92 Å². The molecule has 5 nitrogen and oxygen atoms in total. The van der Waals surface area contributed by atoms with Crippen molar-refractivity contribution in [3.8, 4) is 5.75 Å². The number of hydrogen-bond donors (Lipinski definition) is 0. The lowest BCUT2D eigenvalue weighted by Gasteiger charge is -2.33. The summed E-state index contributed by atoms with van der Waals surface area (Å²) in [4.78, 5) is 4.96. The van der Waals surface area contributed by atoms with Crippen LogP contribution in [0, 0.1) is 0 Å². The number of halogens is 1. The molecule has 7 heteroatoms. The van der Waals surface area contributed by atoms with Crippen molar-refractivity contribution in [1.29, 1.82) is 0 Å². The summed E-state index contributed by atoms with van der Waals surface area (Å²) in [6.07, 6.45) is 2.84. The number of rotatable bonds is 7. The van der Waals surface area contributed by atoms with Crippen molar-refractivity contribution in [2.24, 2.45) is 0 Å². The Morgan fingerprint density at radius 1 is 1.09 bits per heavy atom. The second-order valence-electron chi connectivity index (χ2n) is 9.17. The number of fused-ring (bicyclic) bond motifs is 1.